The molecular weight excluding hydrogens is 428 g/mol. The van der Waals surface area contributed by atoms with Gasteiger partial charge in [-0.15, -0.1) is 0 Å². The minimum Gasteiger partial charge on any atom is -0.481 e. The van der Waals surface area contributed by atoms with Crippen LogP contribution in [0.25, 0.3) is 0 Å². The van der Waals surface area contributed by atoms with E-state index >= 15 is 0 Å². The van der Waals surface area contributed by atoms with Crippen molar-refractivity contribution in [2.75, 3.05) is 6.61 Å². The summed E-state index contributed by atoms with van der Waals surface area (Å²) >= 11 is 0. The van der Waals surface area contributed by atoms with Crippen LogP contribution in [0.1, 0.15) is 104 Å². The van der Waals surface area contributed by atoms with Crippen molar-refractivity contribution in [3.05, 3.63) is 0 Å². The molecule has 5 nitrogen and oxygen atoms in total. The lowest BCUT2D eigenvalue weighted by Crippen LogP contribution is -2.57. The van der Waals surface area contributed by atoms with Crippen molar-refractivity contribution in [3.8, 4) is 0 Å². The molecule has 4 aliphatic carbocycles. The zero-order valence-corrected chi connectivity index (χ0v) is 21.6. The monoisotopic (exact) mass is 474 g/mol. The second-order valence-corrected chi connectivity index (χ2v) is 13.1. The molecule has 0 radical (unpaired) electrons. The number of Topliss-reactive ketones (excluding diaryl/α,β-unsaturated/α-hetero) is 1. The Labute approximate surface area is 205 Å². The highest BCUT2D eigenvalue weighted by atomic mass is 16.7. The lowest BCUT2D eigenvalue weighted by atomic mass is 9.44. The molecule has 5 aliphatic rings. The van der Waals surface area contributed by atoms with Gasteiger partial charge in [-0.05, 0) is 111 Å². The Morgan fingerprint density at radius 1 is 1.09 bits per heavy atom. The van der Waals surface area contributed by atoms with Gasteiger partial charge < -0.3 is 14.6 Å². The average Bonchev–Trinajstić information content (AvgIpc) is 3.16. The molecule has 0 bridgehead atoms. The van der Waals surface area contributed by atoms with Crippen LogP contribution >= 0.6 is 0 Å². The first-order valence-corrected chi connectivity index (χ1v) is 14.2. The largest absolute Gasteiger partial charge is 0.481 e. The molecule has 1 heterocycles. The van der Waals surface area contributed by atoms with Crippen LogP contribution in [0, 0.1) is 46.3 Å². The van der Waals surface area contributed by atoms with Crippen molar-refractivity contribution in [1.82, 2.24) is 0 Å². The maximum atomic E-state index is 13.8. The van der Waals surface area contributed by atoms with E-state index in [-0.39, 0.29) is 35.6 Å². The van der Waals surface area contributed by atoms with Crippen molar-refractivity contribution in [1.29, 1.82) is 0 Å². The fourth-order valence-electron chi connectivity index (χ4n) is 9.58. The van der Waals surface area contributed by atoms with Gasteiger partial charge in [0.2, 0.25) is 0 Å². The molecule has 1 aliphatic heterocycles. The highest BCUT2D eigenvalue weighted by Gasteiger charge is 2.63. The highest BCUT2D eigenvalue weighted by Crippen LogP contribution is 2.67. The molecule has 5 rings (SSSR count). The Hall–Kier alpha value is -0.940. The van der Waals surface area contributed by atoms with Crippen molar-refractivity contribution >= 4 is 11.8 Å². The number of ether oxygens (including phenoxy) is 2. The molecule has 192 valence electrons. The first-order chi connectivity index (χ1) is 16.2. The molecule has 4 saturated carbocycles. The van der Waals surface area contributed by atoms with Crippen LogP contribution in [-0.4, -0.2) is 35.9 Å². The minimum atomic E-state index is -0.689. The summed E-state index contributed by atoms with van der Waals surface area (Å²) in [5.74, 6) is 2.46. The van der Waals surface area contributed by atoms with Gasteiger partial charge in [-0.1, -0.05) is 20.8 Å². The van der Waals surface area contributed by atoms with E-state index in [1.165, 1.54) is 19.3 Å². The molecule has 1 N–H and O–H groups in total. The lowest BCUT2D eigenvalue weighted by molar-refractivity contribution is -0.211. The van der Waals surface area contributed by atoms with E-state index in [1.807, 2.05) is 0 Å². The summed E-state index contributed by atoms with van der Waals surface area (Å²) in [6.07, 6.45) is 13.3. The molecule has 10 atom stereocenters. The number of hydrogen-bond donors (Lipinski definition) is 1. The fourth-order valence-corrected chi connectivity index (χ4v) is 9.58. The van der Waals surface area contributed by atoms with Gasteiger partial charge in [0.15, 0.2) is 6.29 Å². The number of rotatable bonds is 6. The van der Waals surface area contributed by atoms with Crippen LogP contribution in [-0.2, 0) is 19.1 Å². The van der Waals surface area contributed by atoms with E-state index in [2.05, 4.69) is 20.8 Å². The Morgan fingerprint density at radius 3 is 2.59 bits per heavy atom. The standard InChI is InChI=1S/C29H46O5/c1-18(7-10-25(31)32)21-8-9-22-27-23(12-14-29(21,22)3)28(2)13-11-20(16-19(28)17-24(27)30)34-26-6-4-5-15-33-26/h18-23,26-27H,4-17H2,1-3H3,(H,31,32)/t18-,19+,20-,21-,22+,23?,26?,27?,28+,29-/m1/s1. The Morgan fingerprint density at radius 2 is 1.85 bits per heavy atom. The number of carboxylic acids is 1. The van der Waals surface area contributed by atoms with Gasteiger partial charge in [-0.25, -0.2) is 0 Å². The maximum Gasteiger partial charge on any atom is 0.303 e. The summed E-state index contributed by atoms with van der Waals surface area (Å²) < 4.78 is 12.2. The van der Waals surface area contributed by atoms with Crippen LogP contribution in [0.3, 0.4) is 0 Å². The van der Waals surface area contributed by atoms with E-state index < -0.39 is 5.97 Å². The summed E-state index contributed by atoms with van der Waals surface area (Å²) in [6, 6.07) is 0. The number of hydrogen-bond acceptors (Lipinski definition) is 4. The molecule has 5 heteroatoms. The topological polar surface area (TPSA) is 72.8 Å². The van der Waals surface area contributed by atoms with Crippen LogP contribution < -0.4 is 0 Å². The van der Waals surface area contributed by atoms with Gasteiger partial charge in [0.25, 0.3) is 0 Å². The molecule has 0 amide bonds. The van der Waals surface area contributed by atoms with Gasteiger partial charge in [-0.3, -0.25) is 9.59 Å². The molecule has 0 aromatic carbocycles. The fraction of sp³-hybridized carbons (Fsp3) is 0.931. The quantitative estimate of drug-likeness (QED) is 0.462. The summed E-state index contributed by atoms with van der Waals surface area (Å²) in [7, 11) is 0. The van der Waals surface area contributed by atoms with Gasteiger partial charge in [0.05, 0.1) is 6.10 Å². The molecule has 3 unspecified atom stereocenters. The number of carbonyl (C=O) groups is 2. The third-order valence-electron chi connectivity index (χ3n) is 11.5. The molecule has 5 fully saturated rings. The van der Waals surface area contributed by atoms with E-state index in [9.17, 15) is 14.7 Å². The van der Waals surface area contributed by atoms with E-state index in [0.29, 0.717) is 35.4 Å². The summed E-state index contributed by atoms with van der Waals surface area (Å²) in [4.78, 5) is 24.9. The SMILES string of the molecule is C[C@H](CCC(=O)O)[C@H]1CC[C@H]2C3C(=O)C[C@@H]4C[C@H](OC5CCCCO5)CC[C@]4(C)C3CC[C@]12C. The third-order valence-corrected chi connectivity index (χ3v) is 11.5. The highest BCUT2D eigenvalue weighted by molar-refractivity contribution is 5.83. The molecule has 0 spiro atoms. The second-order valence-electron chi connectivity index (χ2n) is 13.1. The molecular formula is C29H46O5. The zero-order chi connectivity index (χ0) is 24.1. The van der Waals surface area contributed by atoms with Crippen molar-refractivity contribution < 1.29 is 24.2 Å². The maximum absolute atomic E-state index is 13.8. The first-order valence-electron chi connectivity index (χ1n) is 14.2. The second kappa shape index (κ2) is 9.50. The van der Waals surface area contributed by atoms with Crippen LogP contribution in [0.15, 0.2) is 0 Å². The molecule has 0 aromatic rings. The van der Waals surface area contributed by atoms with Crippen LogP contribution in [0.2, 0.25) is 0 Å². The third kappa shape index (κ3) is 4.27. The first kappa shape index (κ1) is 24.7. The van der Waals surface area contributed by atoms with E-state index in [0.717, 1.165) is 64.4 Å². The van der Waals surface area contributed by atoms with Crippen molar-refractivity contribution in [2.24, 2.45) is 46.3 Å². The van der Waals surface area contributed by atoms with Gasteiger partial charge >= 0.3 is 5.97 Å². The summed E-state index contributed by atoms with van der Waals surface area (Å²) in [5, 5.41) is 9.18. The van der Waals surface area contributed by atoms with Crippen molar-refractivity contribution in [2.45, 2.75) is 117 Å². The van der Waals surface area contributed by atoms with Crippen LogP contribution in [0.4, 0.5) is 0 Å². The number of aliphatic carboxylic acids is 1. The predicted octanol–water partition coefficient (Wildman–Crippen LogP) is 6.24. The van der Waals surface area contributed by atoms with Gasteiger partial charge in [0, 0.05) is 25.4 Å². The number of carboxylic acid groups (broad SMARTS) is 1. The van der Waals surface area contributed by atoms with Gasteiger partial charge in [-0.2, -0.15) is 0 Å². The molecule has 0 aromatic heterocycles. The average molecular weight is 475 g/mol. The molecule has 1 saturated heterocycles. The predicted molar refractivity (Wildman–Crippen MR) is 130 cm³/mol. The van der Waals surface area contributed by atoms with Crippen molar-refractivity contribution in [3.63, 3.8) is 0 Å². The number of fused-ring (bicyclic) bond motifs is 5. The zero-order valence-electron chi connectivity index (χ0n) is 21.6. The van der Waals surface area contributed by atoms with E-state index in [1.54, 1.807) is 0 Å². The Bertz CT molecular complexity index is 774. The summed E-state index contributed by atoms with van der Waals surface area (Å²) in [5.41, 5.74) is 0.441. The minimum absolute atomic E-state index is 0.0379. The Balaban J connectivity index is 1.28. The number of carbonyl (C=O) groups excluding carboxylic acids is 1. The summed E-state index contributed by atoms with van der Waals surface area (Å²) in [6.45, 7) is 8.01. The van der Waals surface area contributed by atoms with Crippen LogP contribution in [0.5, 0.6) is 0 Å². The van der Waals surface area contributed by atoms with Gasteiger partial charge in [0.1, 0.15) is 5.78 Å². The lowest BCUT2D eigenvalue weighted by Gasteiger charge is -2.60. The van der Waals surface area contributed by atoms with E-state index in [4.69, 9.17) is 9.47 Å². The normalized spacial score (nSPS) is 47.4. The Kier molecular flexibility index (Phi) is 6.91. The number of ketones is 1. The smallest absolute Gasteiger partial charge is 0.303 e. The molecule has 34 heavy (non-hydrogen) atoms.